The number of hydrogen-bond acceptors (Lipinski definition) is 7. The molecule has 0 aliphatic carbocycles. The van der Waals surface area contributed by atoms with Crippen LogP contribution < -0.4 is 5.32 Å². The molecule has 0 radical (unpaired) electrons. The molecule has 2 atom stereocenters. The number of carbonyl (C=O) groups is 4. The number of likely N-dealkylation sites (tertiary alicyclic amines) is 1. The van der Waals surface area contributed by atoms with Crippen molar-refractivity contribution in [3.8, 4) is 0 Å². The minimum Gasteiger partial charge on any atom is -0.462 e. The molecule has 1 N–H and O–H groups in total. The van der Waals surface area contributed by atoms with Gasteiger partial charge in [-0.1, -0.05) is 6.58 Å². The fourth-order valence-electron chi connectivity index (χ4n) is 2.79. The Morgan fingerprint density at radius 3 is 2.68 bits per heavy atom. The van der Waals surface area contributed by atoms with E-state index in [0.29, 0.717) is 36.3 Å². The fraction of sp³-hybridized carbons (Fsp3) is 0.684. The van der Waals surface area contributed by atoms with Gasteiger partial charge in [-0.15, -0.1) is 0 Å². The second kappa shape index (κ2) is 13.2. The summed E-state index contributed by atoms with van der Waals surface area (Å²) in [4.78, 5) is 47.5. The topological polar surface area (TPSA) is 102 Å². The second-order valence-corrected chi connectivity index (χ2v) is 7.88. The Labute approximate surface area is 170 Å². The Morgan fingerprint density at radius 1 is 1.36 bits per heavy atom. The average molecular weight is 415 g/mol. The van der Waals surface area contributed by atoms with Gasteiger partial charge in [-0.05, 0) is 26.7 Å². The smallest absolute Gasteiger partial charge is 0.333 e. The predicted molar refractivity (Wildman–Crippen MR) is 107 cm³/mol. The van der Waals surface area contributed by atoms with E-state index in [4.69, 9.17) is 9.47 Å². The van der Waals surface area contributed by atoms with Gasteiger partial charge in [0.15, 0.2) is 0 Å². The zero-order valence-corrected chi connectivity index (χ0v) is 17.4. The van der Waals surface area contributed by atoms with Gasteiger partial charge in [-0.3, -0.25) is 14.4 Å². The largest absolute Gasteiger partial charge is 0.462 e. The van der Waals surface area contributed by atoms with Crippen LogP contribution in [0.4, 0.5) is 0 Å². The van der Waals surface area contributed by atoms with E-state index in [2.05, 4.69) is 11.9 Å². The standard InChI is InChI=1S/C19H30N2O6S/c1-14(2)19(25)27-9-8-26-18(24)6-10-28-12-16(11-15(3)20-13-22)21-7-4-5-17(21)23/h13,15-16H,1,4-12H2,2-3H3,(H,20,22). The van der Waals surface area contributed by atoms with Gasteiger partial charge in [0, 0.05) is 42.1 Å². The summed E-state index contributed by atoms with van der Waals surface area (Å²) in [6.45, 7) is 7.68. The summed E-state index contributed by atoms with van der Waals surface area (Å²) in [7, 11) is 0. The monoisotopic (exact) mass is 414 g/mol. The molecular formula is C19H30N2O6S. The molecule has 158 valence electrons. The quantitative estimate of drug-likeness (QED) is 0.198. The predicted octanol–water partition coefficient (Wildman–Crippen LogP) is 1.29. The van der Waals surface area contributed by atoms with Crippen LogP contribution in [0.15, 0.2) is 12.2 Å². The van der Waals surface area contributed by atoms with E-state index in [-0.39, 0.29) is 43.6 Å². The molecule has 8 nitrogen and oxygen atoms in total. The van der Waals surface area contributed by atoms with Gasteiger partial charge < -0.3 is 19.7 Å². The van der Waals surface area contributed by atoms with Crippen molar-refractivity contribution in [1.29, 1.82) is 0 Å². The van der Waals surface area contributed by atoms with Gasteiger partial charge in [-0.25, -0.2) is 4.79 Å². The summed E-state index contributed by atoms with van der Waals surface area (Å²) in [6, 6.07) is 0.00315. The summed E-state index contributed by atoms with van der Waals surface area (Å²) in [5, 5.41) is 2.72. The van der Waals surface area contributed by atoms with Gasteiger partial charge >= 0.3 is 11.9 Å². The third-order valence-electron chi connectivity index (χ3n) is 4.22. The maximum absolute atomic E-state index is 12.0. The average Bonchev–Trinajstić information content (AvgIpc) is 3.07. The summed E-state index contributed by atoms with van der Waals surface area (Å²) >= 11 is 1.58. The van der Waals surface area contributed by atoms with Gasteiger partial charge in [0.25, 0.3) is 0 Å². The van der Waals surface area contributed by atoms with Crippen LogP contribution >= 0.6 is 11.8 Å². The molecule has 1 aliphatic rings. The molecule has 28 heavy (non-hydrogen) atoms. The molecule has 1 saturated heterocycles. The number of carbonyl (C=O) groups excluding carboxylic acids is 4. The molecule has 1 fully saturated rings. The summed E-state index contributed by atoms with van der Waals surface area (Å²) in [5.41, 5.74) is 0.298. The minimum atomic E-state index is -0.507. The lowest BCUT2D eigenvalue weighted by atomic mass is 10.1. The van der Waals surface area contributed by atoms with Gasteiger partial charge in [0.1, 0.15) is 13.2 Å². The maximum atomic E-state index is 12.0. The lowest BCUT2D eigenvalue weighted by Gasteiger charge is -2.29. The van der Waals surface area contributed by atoms with E-state index in [9.17, 15) is 19.2 Å². The first-order chi connectivity index (χ1) is 13.3. The molecule has 9 heteroatoms. The molecule has 0 spiro atoms. The van der Waals surface area contributed by atoms with Crippen LogP contribution in [-0.4, -0.2) is 72.5 Å². The van der Waals surface area contributed by atoms with Crippen molar-refractivity contribution >= 4 is 36.0 Å². The Hall–Kier alpha value is -2.03. The van der Waals surface area contributed by atoms with Crippen LogP contribution in [0, 0.1) is 0 Å². The number of nitrogens with zero attached hydrogens (tertiary/aromatic N) is 1. The summed E-state index contributed by atoms with van der Waals surface area (Å²) < 4.78 is 9.87. The lowest BCUT2D eigenvalue weighted by Crippen LogP contribution is -2.42. The first kappa shape index (κ1) is 24.0. The second-order valence-electron chi connectivity index (χ2n) is 6.73. The van der Waals surface area contributed by atoms with Gasteiger partial charge in [0.2, 0.25) is 12.3 Å². The molecule has 0 aromatic rings. The molecule has 1 rings (SSSR count). The van der Waals surface area contributed by atoms with Crippen LogP contribution in [0.2, 0.25) is 0 Å². The summed E-state index contributed by atoms with van der Waals surface area (Å²) in [5.74, 6) is 0.544. The number of esters is 2. The molecule has 0 bridgehead atoms. The van der Waals surface area contributed by atoms with Gasteiger partial charge in [-0.2, -0.15) is 11.8 Å². The number of rotatable bonds is 14. The van der Waals surface area contributed by atoms with E-state index in [1.807, 2.05) is 11.8 Å². The van der Waals surface area contributed by atoms with E-state index < -0.39 is 5.97 Å². The number of hydrogen-bond donors (Lipinski definition) is 1. The SMILES string of the molecule is C=C(C)C(=O)OCCOC(=O)CCSCC(CC(C)NC=O)N1CCCC1=O. The Kier molecular flexibility index (Phi) is 11.3. The Bertz CT molecular complexity index is 569. The highest BCUT2D eigenvalue weighted by atomic mass is 32.2. The molecule has 2 amide bonds. The van der Waals surface area contributed by atoms with Crippen molar-refractivity contribution < 1.29 is 28.7 Å². The van der Waals surface area contributed by atoms with Crippen molar-refractivity contribution in [3.05, 3.63) is 12.2 Å². The zero-order valence-electron chi connectivity index (χ0n) is 16.6. The van der Waals surface area contributed by atoms with Crippen LogP contribution in [0.5, 0.6) is 0 Å². The number of nitrogens with one attached hydrogen (secondary N) is 1. The minimum absolute atomic E-state index is 0.00530. The van der Waals surface area contributed by atoms with Crippen LogP contribution in [0.1, 0.15) is 39.5 Å². The van der Waals surface area contributed by atoms with Crippen LogP contribution in [-0.2, 0) is 28.7 Å². The Morgan fingerprint density at radius 2 is 2.07 bits per heavy atom. The first-order valence-electron chi connectivity index (χ1n) is 9.40. The molecule has 0 saturated carbocycles. The number of thioether (sulfide) groups is 1. The molecule has 2 unspecified atom stereocenters. The molecule has 1 heterocycles. The Balaban J connectivity index is 2.28. The lowest BCUT2D eigenvalue weighted by molar-refractivity contribution is -0.149. The van der Waals surface area contributed by atoms with E-state index in [0.717, 1.165) is 13.0 Å². The fourth-order valence-corrected chi connectivity index (χ4v) is 3.86. The number of amides is 2. The van der Waals surface area contributed by atoms with Crippen molar-refractivity contribution in [2.24, 2.45) is 0 Å². The molecule has 1 aliphatic heterocycles. The van der Waals surface area contributed by atoms with E-state index in [1.54, 1.807) is 18.7 Å². The van der Waals surface area contributed by atoms with Crippen LogP contribution in [0.25, 0.3) is 0 Å². The van der Waals surface area contributed by atoms with Gasteiger partial charge in [0.05, 0.1) is 6.42 Å². The number of ether oxygens (including phenoxy) is 2. The molecule has 0 aromatic heterocycles. The summed E-state index contributed by atoms with van der Waals surface area (Å²) in [6.07, 6.45) is 3.01. The highest BCUT2D eigenvalue weighted by Gasteiger charge is 2.28. The molecular weight excluding hydrogens is 384 g/mol. The first-order valence-corrected chi connectivity index (χ1v) is 10.6. The normalized spacial score (nSPS) is 15.6. The highest BCUT2D eigenvalue weighted by Crippen LogP contribution is 2.21. The van der Waals surface area contributed by atoms with E-state index >= 15 is 0 Å². The van der Waals surface area contributed by atoms with Crippen molar-refractivity contribution in [3.63, 3.8) is 0 Å². The third kappa shape index (κ3) is 9.25. The van der Waals surface area contributed by atoms with E-state index in [1.165, 1.54) is 0 Å². The van der Waals surface area contributed by atoms with Crippen molar-refractivity contribution in [2.45, 2.75) is 51.6 Å². The third-order valence-corrected chi connectivity index (χ3v) is 5.33. The maximum Gasteiger partial charge on any atom is 0.333 e. The zero-order chi connectivity index (χ0) is 20.9. The van der Waals surface area contributed by atoms with Crippen molar-refractivity contribution in [2.75, 3.05) is 31.3 Å². The molecule has 0 aromatic carbocycles. The van der Waals surface area contributed by atoms with Crippen molar-refractivity contribution in [1.82, 2.24) is 10.2 Å². The van der Waals surface area contributed by atoms with Crippen LogP contribution in [0.3, 0.4) is 0 Å². The highest BCUT2D eigenvalue weighted by molar-refractivity contribution is 7.99.